The maximum Gasteiger partial charge on any atom is 0.304 e. The molecule has 1 aromatic rings. The van der Waals surface area contributed by atoms with Crippen LogP contribution in [-0.4, -0.2) is 28.1 Å². The Morgan fingerprint density at radius 3 is 2.75 bits per heavy atom. The Morgan fingerprint density at radius 2 is 2.15 bits per heavy atom. The van der Waals surface area contributed by atoms with E-state index in [-0.39, 0.29) is 12.0 Å². The lowest BCUT2D eigenvalue weighted by molar-refractivity contribution is -0.137. The van der Waals surface area contributed by atoms with Gasteiger partial charge >= 0.3 is 5.97 Å². The van der Waals surface area contributed by atoms with Crippen LogP contribution in [0.4, 0.5) is 0 Å². The van der Waals surface area contributed by atoms with Crippen molar-refractivity contribution in [1.82, 2.24) is 4.90 Å². The second kappa shape index (κ2) is 5.74. The van der Waals surface area contributed by atoms with Crippen molar-refractivity contribution < 1.29 is 9.90 Å². The molecule has 0 saturated carbocycles. The molecule has 1 aliphatic carbocycles. The number of hydrogen-bond acceptors (Lipinski definition) is 2. The third-order valence-electron chi connectivity index (χ3n) is 3.96. The number of nitrogens with zero attached hydrogens (tertiary/aromatic N) is 1. The number of aryl methyl sites for hydroxylation is 1. The molecule has 4 heteroatoms. The van der Waals surface area contributed by atoms with Crippen molar-refractivity contribution >= 4 is 17.6 Å². The number of rotatable bonds is 4. The van der Waals surface area contributed by atoms with Gasteiger partial charge in [-0.2, -0.15) is 0 Å². The van der Waals surface area contributed by atoms with E-state index in [1.54, 1.807) is 0 Å². The molecule has 1 atom stereocenters. The number of carbonyl (C=O) groups is 1. The number of benzene rings is 1. The van der Waals surface area contributed by atoms with E-state index in [1.165, 1.54) is 11.1 Å². The van der Waals surface area contributed by atoms with E-state index >= 15 is 0 Å². The van der Waals surface area contributed by atoms with Gasteiger partial charge in [-0.15, -0.1) is 0 Å². The number of fused-ring (bicyclic) bond motifs is 1. The van der Waals surface area contributed by atoms with Gasteiger partial charge in [0.05, 0.1) is 6.42 Å². The zero-order valence-electron chi connectivity index (χ0n) is 12.3. The molecule has 1 aromatic carbocycles. The highest BCUT2D eigenvalue weighted by atomic mass is 35.5. The maximum absolute atomic E-state index is 10.9. The third-order valence-corrected chi connectivity index (χ3v) is 4.19. The normalized spacial score (nSPS) is 18.4. The predicted octanol–water partition coefficient (Wildman–Crippen LogP) is 3.90. The standard InChI is InChI=1S/C16H22ClNO2/c1-16(2,3)18(9-8-15(19)20)14-7-4-11-10-12(17)5-6-13(11)14/h5-6,10,14H,4,7-9H2,1-3H3,(H,19,20). The minimum Gasteiger partial charge on any atom is -0.481 e. The van der Waals surface area contributed by atoms with Gasteiger partial charge in [0.2, 0.25) is 0 Å². The van der Waals surface area contributed by atoms with Gasteiger partial charge in [-0.25, -0.2) is 0 Å². The summed E-state index contributed by atoms with van der Waals surface area (Å²) in [7, 11) is 0. The Bertz CT molecular complexity index is 508. The molecule has 0 aliphatic heterocycles. The first kappa shape index (κ1) is 15.3. The highest BCUT2D eigenvalue weighted by molar-refractivity contribution is 6.30. The molecular formula is C16H22ClNO2. The van der Waals surface area contributed by atoms with Crippen molar-refractivity contribution in [3.63, 3.8) is 0 Å². The van der Waals surface area contributed by atoms with Crippen molar-refractivity contribution in [2.24, 2.45) is 0 Å². The van der Waals surface area contributed by atoms with Gasteiger partial charge in [0.15, 0.2) is 0 Å². The lowest BCUT2D eigenvalue weighted by atomic mass is 9.98. The summed E-state index contributed by atoms with van der Waals surface area (Å²) >= 11 is 6.05. The molecule has 0 aromatic heterocycles. The van der Waals surface area contributed by atoms with Gasteiger partial charge in [-0.1, -0.05) is 17.7 Å². The Labute approximate surface area is 125 Å². The SMILES string of the molecule is CC(C)(C)N(CCC(=O)O)C1CCc2cc(Cl)ccc21. The van der Waals surface area contributed by atoms with Crippen LogP contribution in [0.2, 0.25) is 5.02 Å². The van der Waals surface area contributed by atoms with Gasteiger partial charge in [0, 0.05) is 23.1 Å². The van der Waals surface area contributed by atoms with Gasteiger partial charge in [0.25, 0.3) is 0 Å². The van der Waals surface area contributed by atoms with E-state index in [0.29, 0.717) is 12.6 Å². The van der Waals surface area contributed by atoms with Gasteiger partial charge in [0.1, 0.15) is 0 Å². The predicted molar refractivity (Wildman–Crippen MR) is 81.2 cm³/mol. The van der Waals surface area contributed by atoms with Crippen LogP contribution in [0.5, 0.6) is 0 Å². The fourth-order valence-corrected chi connectivity index (χ4v) is 3.26. The van der Waals surface area contributed by atoms with Crippen LogP contribution in [0.3, 0.4) is 0 Å². The first-order valence-electron chi connectivity index (χ1n) is 7.06. The van der Waals surface area contributed by atoms with Crippen molar-refractivity contribution in [3.8, 4) is 0 Å². The van der Waals surface area contributed by atoms with Crippen LogP contribution >= 0.6 is 11.6 Å². The number of carboxylic acid groups (broad SMARTS) is 1. The van der Waals surface area contributed by atoms with E-state index < -0.39 is 5.97 Å². The highest BCUT2D eigenvalue weighted by Crippen LogP contribution is 2.40. The van der Waals surface area contributed by atoms with E-state index in [2.05, 4.69) is 31.7 Å². The number of aliphatic carboxylic acids is 1. The molecule has 0 radical (unpaired) electrons. The van der Waals surface area contributed by atoms with Crippen molar-refractivity contribution in [2.75, 3.05) is 6.54 Å². The zero-order chi connectivity index (χ0) is 14.9. The first-order valence-corrected chi connectivity index (χ1v) is 7.43. The smallest absolute Gasteiger partial charge is 0.304 e. The number of carboxylic acids is 1. The molecule has 0 saturated heterocycles. The van der Waals surface area contributed by atoms with Gasteiger partial charge in [-0.05, 0) is 56.9 Å². The minimum atomic E-state index is -0.742. The summed E-state index contributed by atoms with van der Waals surface area (Å²) < 4.78 is 0. The molecule has 0 heterocycles. The number of halogens is 1. The molecule has 110 valence electrons. The second-order valence-electron chi connectivity index (χ2n) is 6.41. The molecule has 0 fully saturated rings. The fraction of sp³-hybridized carbons (Fsp3) is 0.562. The van der Waals surface area contributed by atoms with Crippen molar-refractivity contribution in [3.05, 3.63) is 34.3 Å². The van der Waals surface area contributed by atoms with Crippen LogP contribution in [0.15, 0.2) is 18.2 Å². The van der Waals surface area contributed by atoms with Crippen LogP contribution in [0.25, 0.3) is 0 Å². The Balaban J connectivity index is 2.26. The average Bonchev–Trinajstić information content (AvgIpc) is 2.70. The van der Waals surface area contributed by atoms with Crippen LogP contribution in [0, 0.1) is 0 Å². The minimum absolute atomic E-state index is 0.0542. The Hall–Kier alpha value is -1.06. The monoisotopic (exact) mass is 295 g/mol. The van der Waals surface area contributed by atoms with E-state index in [0.717, 1.165) is 17.9 Å². The Morgan fingerprint density at radius 1 is 1.45 bits per heavy atom. The summed E-state index contributed by atoms with van der Waals surface area (Å²) in [5.41, 5.74) is 2.54. The first-order chi connectivity index (χ1) is 9.29. The maximum atomic E-state index is 10.9. The molecule has 0 bridgehead atoms. The van der Waals surface area contributed by atoms with Crippen molar-refractivity contribution in [1.29, 1.82) is 0 Å². The lowest BCUT2D eigenvalue weighted by Crippen LogP contribution is -2.44. The number of hydrogen-bond donors (Lipinski definition) is 1. The molecule has 0 spiro atoms. The second-order valence-corrected chi connectivity index (χ2v) is 6.84. The van der Waals surface area contributed by atoms with E-state index in [9.17, 15) is 4.79 Å². The van der Waals surface area contributed by atoms with Crippen molar-refractivity contribution in [2.45, 2.75) is 51.6 Å². The fourth-order valence-electron chi connectivity index (χ4n) is 3.06. The molecule has 2 rings (SSSR count). The summed E-state index contributed by atoms with van der Waals surface area (Å²) in [6, 6.07) is 6.35. The average molecular weight is 296 g/mol. The summed E-state index contributed by atoms with van der Waals surface area (Å²) in [4.78, 5) is 13.2. The van der Waals surface area contributed by atoms with Gasteiger partial charge < -0.3 is 5.11 Å². The summed E-state index contributed by atoms with van der Waals surface area (Å²) in [6.07, 6.45) is 2.23. The zero-order valence-corrected chi connectivity index (χ0v) is 13.1. The molecule has 20 heavy (non-hydrogen) atoms. The molecule has 1 N–H and O–H groups in total. The largest absolute Gasteiger partial charge is 0.481 e. The molecule has 0 amide bonds. The molecule has 1 aliphatic rings. The van der Waals surface area contributed by atoms with Gasteiger partial charge in [-0.3, -0.25) is 9.69 Å². The lowest BCUT2D eigenvalue weighted by Gasteiger charge is -2.40. The molecule has 3 nitrogen and oxygen atoms in total. The van der Waals surface area contributed by atoms with Crippen LogP contribution in [0.1, 0.15) is 50.8 Å². The Kier molecular flexibility index (Phi) is 4.40. The summed E-state index contributed by atoms with van der Waals surface area (Å²) in [5, 5.41) is 9.73. The highest BCUT2D eigenvalue weighted by Gasteiger charge is 2.34. The van der Waals surface area contributed by atoms with E-state index in [4.69, 9.17) is 16.7 Å². The van der Waals surface area contributed by atoms with E-state index in [1.807, 2.05) is 12.1 Å². The summed E-state index contributed by atoms with van der Waals surface area (Å²) in [6.45, 7) is 7.00. The quantitative estimate of drug-likeness (QED) is 0.916. The van der Waals surface area contributed by atoms with Crippen LogP contribution < -0.4 is 0 Å². The molecule has 1 unspecified atom stereocenters. The van der Waals surface area contributed by atoms with Crippen LogP contribution in [-0.2, 0) is 11.2 Å². The summed E-state index contributed by atoms with van der Waals surface area (Å²) in [5.74, 6) is -0.742. The third kappa shape index (κ3) is 3.33. The topological polar surface area (TPSA) is 40.5 Å². The molecular weight excluding hydrogens is 274 g/mol.